The van der Waals surface area contributed by atoms with Crippen molar-refractivity contribution >= 4 is 29.3 Å². The molecule has 1 aromatic carbocycles. The van der Waals surface area contributed by atoms with Gasteiger partial charge in [0, 0.05) is 31.9 Å². The first-order valence-electron chi connectivity index (χ1n) is 8.14. The minimum absolute atomic E-state index is 0.0433. The first kappa shape index (κ1) is 18.3. The number of aromatic amines is 1. The van der Waals surface area contributed by atoms with Gasteiger partial charge in [-0.05, 0) is 24.3 Å². The maximum Gasteiger partial charge on any atom is 0.238 e. The smallest absolute Gasteiger partial charge is 0.238 e. The van der Waals surface area contributed by atoms with Crippen LogP contribution in [-0.4, -0.2) is 75.3 Å². The molecule has 2 amide bonds. The number of hydrogen-bond donors (Lipinski definition) is 2. The summed E-state index contributed by atoms with van der Waals surface area (Å²) in [6.45, 7) is 2.68. The Labute approximate surface area is 154 Å². The zero-order valence-electron chi connectivity index (χ0n) is 14.0. The molecule has 10 heteroatoms. The highest BCUT2D eigenvalue weighted by molar-refractivity contribution is 7.99. The highest BCUT2D eigenvalue weighted by atomic mass is 32.2. The number of nitrogens with zero attached hydrogens (tertiary/aromatic N) is 4. The van der Waals surface area contributed by atoms with Crippen molar-refractivity contribution in [1.82, 2.24) is 25.0 Å². The van der Waals surface area contributed by atoms with Gasteiger partial charge < -0.3 is 10.2 Å². The SMILES string of the molecule is O=C(CN1CCN(C(=O)CSc2ncn[nH]2)CC1)Nc1ccc(F)cc1. The van der Waals surface area contributed by atoms with Gasteiger partial charge in [-0.1, -0.05) is 11.8 Å². The van der Waals surface area contributed by atoms with Crippen molar-refractivity contribution < 1.29 is 14.0 Å². The van der Waals surface area contributed by atoms with Gasteiger partial charge in [-0.15, -0.1) is 0 Å². The van der Waals surface area contributed by atoms with Crippen molar-refractivity contribution in [2.45, 2.75) is 5.16 Å². The number of piperazine rings is 1. The number of carbonyl (C=O) groups is 2. The van der Waals surface area contributed by atoms with Crippen LogP contribution in [0.1, 0.15) is 0 Å². The Balaban J connectivity index is 1.38. The van der Waals surface area contributed by atoms with Crippen molar-refractivity contribution in [3.63, 3.8) is 0 Å². The molecule has 26 heavy (non-hydrogen) atoms. The standard InChI is InChI=1S/C16H19FN6O2S/c17-12-1-3-13(4-2-12)20-14(24)9-22-5-7-23(8-6-22)15(25)10-26-16-18-11-19-21-16/h1-4,11H,5-10H2,(H,20,24)(H,18,19,21). The Morgan fingerprint density at radius 3 is 2.58 bits per heavy atom. The summed E-state index contributed by atoms with van der Waals surface area (Å²) in [6, 6.07) is 5.65. The summed E-state index contributed by atoms with van der Waals surface area (Å²) in [7, 11) is 0. The topological polar surface area (TPSA) is 94.2 Å². The second kappa shape index (κ2) is 8.77. The van der Waals surface area contributed by atoms with Crippen molar-refractivity contribution in [2.24, 2.45) is 0 Å². The largest absolute Gasteiger partial charge is 0.339 e. The fourth-order valence-corrected chi connectivity index (χ4v) is 3.26. The molecule has 138 valence electrons. The lowest BCUT2D eigenvalue weighted by atomic mass is 10.3. The molecule has 1 fully saturated rings. The summed E-state index contributed by atoms with van der Waals surface area (Å²) in [5.74, 6) is -0.149. The lowest BCUT2D eigenvalue weighted by Gasteiger charge is -2.34. The molecule has 0 spiro atoms. The van der Waals surface area contributed by atoms with E-state index < -0.39 is 0 Å². The van der Waals surface area contributed by atoms with Crippen LogP contribution in [0.25, 0.3) is 0 Å². The molecule has 3 rings (SSSR count). The molecule has 0 radical (unpaired) electrons. The van der Waals surface area contributed by atoms with Gasteiger partial charge in [0.1, 0.15) is 12.1 Å². The Morgan fingerprint density at radius 1 is 1.19 bits per heavy atom. The highest BCUT2D eigenvalue weighted by Gasteiger charge is 2.22. The average Bonchev–Trinajstić information content (AvgIpc) is 3.16. The molecule has 0 aliphatic carbocycles. The average molecular weight is 378 g/mol. The van der Waals surface area contributed by atoms with Crippen LogP contribution in [-0.2, 0) is 9.59 Å². The number of benzene rings is 1. The molecule has 0 saturated carbocycles. The Bertz CT molecular complexity index is 732. The van der Waals surface area contributed by atoms with E-state index in [2.05, 4.69) is 20.5 Å². The third-order valence-corrected chi connectivity index (χ3v) is 4.81. The van der Waals surface area contributed by atoms with Crippen molar-refractivity contribution in [3.8, 4) is 0 Å². The monoisotopic (exact) mass is 378 g/mol. The van der Waals surface area contributed by atoms with E-state index in [9.17, 15) is 14.0 Å². The lowest BCUT2D eigenvalue weighted by molar-refractivity contribution is -0.130. The van der Waals surface area contributed by atoms with Crippen LogP contribution < -0.4 is 5.32 Å². The van der Waals surface area contributed by atoms with Crippen LogP contribution >= 0.6 is 11.8 Å². The van der Waals surface area contributed by atoms with E-state index in [1.807, 2.05) is 4.90 Å². The number of halogens is 1. The van der Waals surface area contributed by atoms with Crippen LogP contribution in [0.15, 0.2) is 35.7 Å². The molecular formula is C16H19FN6O2S. The van der Waals surface area contributed by atoms with E-state index in [-0.39, 0.29) is 24.2 Å². The number of carbonyl (C=O) groups excluding carboxylic acids is 2. The highest BCUT2D eigenvalue weighted by Crippen LogP contribution is 2.13. The Morgan fingerprint density at radius 2 is 1.92 bits per heavy atom. The van der Waals surface area contributed by atoms with Gasteiger partial charge in [0.2, 0.25) is 11.8 Å². The maximum atomic E-state index is 12.9. The van der Waals surface area contributed by atoms with Crippen molar-refractivity contribution in [1.29, 1.82) is 0 Å². The van der Waals surface area contributed by atoms with E-state index >= 15 is 0 Å². The predicted octanol–water partition coefficient (Wildman–Crippen LogP) is 0.819. The van der Waals surface area contributed by atoms with Gasteiger partial charge >= 0.3 is 0 Å². The zero-order chi connectivity index (χ0) is 18.4. The quantitative estimate of drug-likeness (QED) is 0.723. The summed E-state index contributed by atoms with van der Waals surface area (Å²) < 4.78 is 12.9. The van der Waals surface area contributed by atoms with Crippen LogP contribution in [0.5, 0.6) is 0 Å². The third-order valence-electron chi connectivity index (χ3n) is 3.95. The number of hydrogen-bond acceptors (Lipinski definition) is 6. The minimum Gasteiger partial charge on any atom is -0.339 e. The van der Waals surface area contributed by atoms with E-state index in [4.69, 9.17) is 0 Å². The van der Waals surface area contributed by atoms with Crippen LogP contribution in [0.4, 0.5) is 10.1 Å². The predicted molar refractivity (Wildman–Crippen MR) is 95.2 cm³/mol. The van der Waals surface area contributed by atoms with Crippen LogP contribution in [0.3, 0.4) is 0 Å². The molecule has 8 nitrogen and oxygen atoms in total. The number of thioether (sulfide) groups is 1. The van der Waals surface area contributed by atoms with Crippen LogP contribution in [0, 0.1) is 5.82 Å². The fourth-order valence-electron chi connectivity index (χ4n) is 2.58. The Hall–Kier alpha value is -2.46. The number of rotatable bonds is 6. The molecule has 1 aliphatic heterocycles. The lowest BCUT2D eigenvalue weighted by Crippen LogP contribution is -2.50. The molecule has 1 saturated heterocycles. The maximum absolute atomic E-state index is 12.9. The van der Waals surface area contributed by atoms with Crippen LogP contribution in [0.2, 0.25) is 0 Å². The van der Waals surface area contributed by atoms with Gasteiger partial charge in [0.05, 0.1) is 12.3 Å². The second-order valence-electron chi connectivity index (χ2n) is 5.79. The molecule has 0 unspecified atom stereocenters. The van der Waals surface area contributed by atoms with Gasteiger partial charge in [0.15, 0.2) is 5.16 Å². The summed E-state index contributed by atoms with van der Waals surface area (Å²) in [5.41, 5.74) is 0.564. The minimum atomic E-state index is -0.342. The number of H-pyrrole nitrogens is 1. The molecule has 2 heterocycles. The fraction of sp³-hybridized carbons (Fsp3) is 0.375. The number of anilines is 1. The molecular weight excluding hydrogens is 359 g/mol. The van der Waals surface area contributed by atoms with E-state index in [1.54, 1.807) is 4.90 Å². The van der Waals surface area contributed by atoms with Crippen molar-refractivity contribution in [3.05, 3.63) is 36.4 Å². The number of amides is 2. The van der Waals surface area contributed by atoms with E-state index in [0.29, 0.717) is 42.8 Å². The van der Waals surface area contributed by atoms with Crippen molar-refractivity contribution in [2.75, 3.05) is 43.8 Å². The molecule has 1 aliphatic rings. The summed E-state index contributed by atoms with van der Waals surface area (Å²) in [6.07, 6.45) is 1.41. The zero-order valence-corrected chi connectivity index (χ0v) is 14.8. The molecule has 1 aromatic heterocycles. The first-order valence-corrected chi connectivity index (χ1v) is 9.12. The third kappa shape index (κ3) is 5.27. The molecule has 0 atom stereocenters. The molecule has 2 N–H and O–H groups in total. The normalized spacial score (nSPS) is 15.0. The Kier molecular flexibility index (Phi) is 6.18. The summed E-state index contributed by atoms with van der Waals surface area (Å²) in [5, 5.41) is 9.80. The van der Waals surface area contributed by atoms with Gasteiger partial charge in [-0.25, -0.2) is 9.37 Å². The van der Waals surface area contributed by atoms with Gasteiger partial charge in [-0.2, -0.15) is 5.10 Å². The summed E-state index contributed by atoms with van der Waals surface area (Å²) >= 11 is 1.32. The molecule has 0 bridgehead atoms. The van der Waals surface area contributed by atoms with E-state index in [0.717, 1.165) is 0 Å². The number of nitrogens with one attached hydrogen (secondary N) is 2. The van der Waals surface area contributed by atoms with E-state index in [1.165, 1.54) is 42.4 Å². The first-order chi connectivity index (χ1) is 12.6. The van der Waals surface area contributed by atoms with Gasteiger partial charge in [0.25, 0.3) is 0 Å². The number of aromatic nitrogens is 3. The summed E-state index contributed by atoms with van der Waals surface area (Å²) in [4.78, 5) is 32.0. The van der Waals surface area contributed by atoms with Gasteiger partial charge in [-0.3, -0.25) is 19.6 Å². The second-order valence-corrected chi connectivity index (χ2v) is 6.76. The molecule has 2 aromatic rings.